The first kappa shape index (κ1) is 19.3. The van der Waals surface area contributed by atoms with Crippen LogP contribution in [0.3, 0.4) is 0 Å². The van der Waals surface area contributed by atoms with Crippen LogP contribution in [0, 0.1) is 0 Å². The Balaban J connectivity index is 1.38. The van der Waals surface area contributed by atoms with Gasteiger partial charge in [-0.05, 0) is 61.3 Å². The van der Waals surface area contributed by atoms with Gasteiger partial charge < -0.3 is 14.5 Å². The van der Waals surface area contributed by atoms with E-state index in [4.69, 9.17) is 4.74 Å². The van der Waals surface area contributed by atoms with Crippen molar-refractivity contribution in [3.05, 3.63) is 41.3 Å². The van der Waals surface area contributed by atoms with Crippen LogP contribution in [0.1, 0.15) is 27.2 Å². The van der Waals surface area contributed by atoms with Gasteiger partial charge in [0.15, 0.2) is 4.60 Å². The zero-order valence-electron chi connectivity index (χ0n) is 17.1. The van der Waals surface area contributed by atoms with Crippen LogP contribution in [-0.4, -0.2) is 61.5 Å². The molecule has 2 bridgehead atoms. The minimum Gasteiger partial charge on any atom is -0.444 e. The molecule has 0 aromatic carbocycles. The Bertz CT molecular complexity index is 1120. The SMILES string of the molecule is CC(C)(C)OC(=O)N1C[C@@H]2C[C@H]1CN2c1cc(-n2nc(Br)c3ncccc32)ccn1. The van der Waals surface area contributed by atoms with Gasteiger partial charge >= 0.3 is 6.09 Å². The van der Waals surface area contributed by atoms with Crippen LogP contribution >= 0.6 is 15.9 Å². The molecular weight excluding hydrogens is 448 g/mol. The van der Waals surface area contributed by atoms with Gasteiger partial charge in [0, 0.05) is 31.5 Å². The zero-order valence-corrected chi connectivity index (χ0v) is 18.7. The summed E-state index contributed by atoms with van der Waals surface area (Å²) in [5.41, 5.74) is 2.20. The van der Waals surface area contributed by atoms with Crippen molar-refractivity contribution in [1.82, 2.24) is 24.6 Å². The van der Waals surface area contributed by atoms with E-state index in [1.165, 1.54) is 0 Å². The first-order chi connectivity index (χ1) is 14.3. The van der Waals surface area contributed by atoms with E-state index in [1.54, 1.807) is 12.4 Å². The maximum atomic E-state index is 12.5. The normalized spacial score (nSPS) is 20.9. The van der Waals surface area contributed by atoms with Crippen LogP contribution in [0.5, 0.6) is 0 Å². The Kier molecular flexibility index (Phi) is 4.46. The summed E-state index contributed by atoms with van der Waals surface area (Å²) in [5.74, 6) is 0.896. The van der Waals surface area contributed by atoms with E-state index >= 15 is 0 Å². The molecule has 2 atom stereocenters. The predicted molar refractivity (Wildman–Crippen MR) is 117 cm³/mol. The topological polar surface area (TPSA) is 76.4 Å². The lowest BCUT2D eigenvalue weighted by atomic mass is 10.2. The molecule has 1 amide bonds. The van der Waals surface area contributed by atoms with Crippen molar-refractivity contribution in [1.29, 1.82) is 0 Å². The number of anilines is 1. The van der Waals surface area contributed by atoms with E-state index in [0.29, 0.717) is 11.1 Å². The van der Waals surface area contributed by atoms with Crippen LogP contribution in [0.4, 0.5) is 10.6 Å². The molecule has 30 heavy (non-hydrogen) atoms. The second-order valence-electron chi connectivity index (χ2n) is 8.77. The van der Waals surface area contributed by atoms with E-state index < -0.39 is 5.60 Å². The molecule has 3 aromatic heterocycles. The number of ether oxygens (including phenoxy) is 1. The van der Waals surface area contributed by atoms with Crippen molar-refractivity contribution in [2.45, 2.75) is 44.9 Å². The standard InChI is InChI=1S/C21H23BrN6O2/c1-21(2,3)30-20(29)27-12-14-9-15(27)11-26(14)17-10-13(6-8-23-17)28-16-5-4-7-24-18(16)19(22)25-28/h4-8,10,14-15H,9,11-12H2,1-3H3/t14-,15-/m0/s1. The molecule has 2 saturated heterocycles. The predicted octanol–water partition coefficient (Wildman–Crippen LogP) is 3.78. The molecule has 0 spiro atoms. The average Bonchev–Trinajstić information content (AvgIpc) is 3.40. The summed E-state index contributed by atoms with van der Waals surface area (Å²) in [4.78, 5) is 25.7. The van der Waals surface area contributed by atoms with Crippen molar-refractivity contribution in [3.8, 4) is 5.69 Å². The van der Waals surface area contributed by atoms with Gasteiger partial charge in [-0.25, -0.2) is 14.5 Å². The van der Waals surface area contributed by atoms with Crippen molar-refractivity contribution < 1.29 is 9.53 Å². The van der Waals surface area contributed by atoms with Crippen molar-refractivity contribution in [2.75, 3.05) is 18.0 Å². The number of hydrogen-bond acceptors (Lipinski definition) is 6. The van der Waals surface area contributed by atoms with Crippen molar-refractivity contribution in [3.63, 3.8) is 0 Å². The molecule has 3 aromatic rings. The molecule has 8 nitrogen and oxygen atoms in total. The number of nitrogens with zero attached hydrogens (tertiary/aromatic N) is 6. The molecule has 2 fully saturated rings. The van der Waals surface area contributed by atoms with Gasteiger partial charge in [-0.3, -0.25) is 4.98 Å². The molecule has 5 heterocycles. The number of aromatic nitrogens is 4. The molecule has 0 N–H and O–H groups in total. The summed E-state index contributed by atoms with van der Waals surface area (Å²) >= 11 is 3.50. The van der Waals surface area contributed by atoms with Crippen LogP contribution < -0.4 is 4.90 Å². The van der Waals surface area contributed by atoms with Crippen molar-refractivity contribution >= 4 is 38.9 Å². The molecule has 156 valence electrons. The highest BCUT2D eigenvalue weighted by atomic mass is 79.9. The van der Waals surface area contributed by atoms with E-state index in [0.717, 1.165) is 35.5 Å². The summed E-state index contributed by atoms with van der Waals surface area (Å²) in [6, 6.07) is 8.28. The van der Waals surface area contributed by atoms with Gasteiger partial charge in [-0.15, -0.1) is 0 Å². The number of halogens is 1. The number of amides is 1. The molecule has 2 aliphatic heterocycles. The summed E-state index contributed by atoms with van der Waals surface area (Å²) in [7, 11) is 0. The number of carbonyl (C=O) groups excluding carboxylic acids is 1. The molecule has 5 rings (SSSR count). The van der Waals surface area contributed by atoms with Gasteiger partial charge in [0.05, 0.1) is 23.3 Å². The third kappa shape index (κ3) is 3.30. The van der Waals surface area contributed by atoms with E-state index in [2.05, 4.69) is 35.9 Å². The van der Waals surface area contributed by atoms with E-state index in [9.17, 15) is 4.79 Å². The maximum absolute atomic E-state index is 12.5. The third-order valence-corrected chi connectivity index (χ3v) is 6.07. The Labute approximate surface area is 183 Å². The van der Waals surface area contributed by atoms with Crippen LogP contribution in [-0.2, 0) is 4.74 Å². The summed E-state index contributed by atoms with van der Waals surface area (Å²) < 4.78 is 8.15. The highest BCUT2D eigenvalue weighted by Crippen LogP contribution is 2.35. The lowest BCUT2D eigenvalue weighted by Crippen LogP contribution is -2.50. The average molecular weight is 471 g/mol. The van der Waals surface area contributed by atoms with E-state index in [-0.39, 0.29) is 18.2 Å². The van der Waals surface area contributed by atoms with Crippen LogP contribution in [0.2, 0.25) is 0 Å². The third-order valence-electron chi connectivity index (χ3n) is 5.53. The number of likely N-dealkylation sites (tertiary alicyclic amines) is 1. The molecule has 0 radical (unpaired) electrons. The number of rotatable bonds is 2. The number of pyridine rings is 2. The summed E-state index contributed by atoms with van der Waals surface area (Å²) in [6.07, 6.45) is 4.27. The van der Waals surface area contributed by atoms with Gasteiger partial charge in [0.25, 0.3) is 0 Å². The smallest absolute Gasteiger partial charge is 0.410 e. The molecule has 0 unspecified atom stereocenters. The zero-order chi connectivity index (χ0) is 21.0. The molecule has 0 saturated carbocycles. The van der Waals surface area contributed by atoms with Crippen LogP contribution in [0.25, 0.3) is 16.7 Å². The minimum absolute atomic E-state index is 0.152. The molecule has 0 aliphatic carbocycles. The first-order valence-corrected chi connectivity index (χ1v) is 10.8. The second-order valence-corrected chi connectivity index (χ2v) is 9.53. The Morgan fingerprint density at radius 1 is 1.17 bits per heavy atom. The Hall–Kier alpha value is -2.68. The van der Waals surface area contributed by atoms with Crippen molar-refractivity contribution in [2.24, 2.45) is 0 Å². The first-order valence-electron chi connectivity index (χ1n) is 10.0. The number of fused-ring (bicyclic) bond motifs is 3. The fraction of sp³-hybridized carbons (Fsp3) is 0.429. The monoisotopic (exact) mass is 470 g/mol. The highest BCUT2D eigenvalue weighted by molar-refractivity contribution is 9.10. The van der Waals surface area contributed by atoms with Gasteiger partial charge in [0.1, 0.15) is 16.9 Å². The maximum Gasteiger partial charge on any atom is 0.410 e. The van der Waals surface area contributed by atoms with Gasteiger partial charge in [0.2, 0.25) is 0 Å². The molecule has 9 heteroatoms. The van der Waals surface area contributed by atoms with Gasteiger partial charge in [-0.1, -0.05) is 0 Å². The fourth-order valence-electron chi connectivity index (χ4n) is 4.30. The largest absolute Gasteiger partial charge is 0.444 e. The number of piperazine rings is 1. The fourth-order valence-corrected chi connectivity index (χ4v) is 4.76. The summed E-state index contributed by atoms with van der Waals surface area (Å²) in [6.45, 7) is 7.10. The minimum atomic E-state index is -0.482. The number of carbonyl (C=O) groups is 1. The van der Waals surface area contributed by atoms with Crippen LogP contribution in [0.15, 0.2) is 41.3 Å². The Morgan fingerprint density at radius 3 is 2.73 bits per heavy atom. The lowest BCUT2D eigenvalue weighted by Gasteiger charge is -2.35. The molecular formula is C21H23BrN6O2. The lowest BCUT2D eigenvalue weighted by molar-refractivity contribution is 0.0214. The van der Waals surface area contributed by atoms with E-state index in [1.807, 2.05) is 54.6 Å². The quantitative estimate of drug-likeness (QED) is 0.567. The van der Waals surface area contributed by atoms with Gasteiger partial charge in [-0.2, -0.15) is 5.10 Å². The second kappa shape index (κ2) is 6.94. The number of hydrogen-bond donors (Lipinski definition) is 0. The summed E-state index contributed by atoms with van der Waals surface area (Å²) in [5, 5.41) is 4.60. The molecule has 2 aliphatic rings. The Morgan fingerprint density at radius 2 is 2.00 bits per heavy atom. The highest BCUT2D eigenvalue weighted by Gasteiger charge is 2.47.